The predicted octanol–water partition coefficient (Wildman–Crippen LogP) is 6.72. The fraction of sp³-hybridized carbons (Fsp3) is 0.389. The topological polar surface area (TPSA) is 100 Å². The van der Waals surface area contributed by atoms with Gasteiger partial charge >= 0.3 is 5.97 Å². The Hall–Kier alpha value is -4.46. The molecule has 1 atom stereocenters. The molecule has 1 aliphatic heterocycles. The zero-order valence-corrected chi connectivity index (χ0v) is 25.4. The van der Waals surface area contributed by atoms with Gasteiger partial charge in [-0.15, -0.1) is 0 Å². The molecule has 7 rings (SSSR count). The van der Waals surface area contributed by atoms with Gasteiger partial charge in [0.2, 0.25) is 5.91 Å². The van der Waals surface area contributed by atoms with E-state index in [1.54, 1.807) is 11.6 Å². The standard InChI is InChI=1S/C36H39N5O3/c1-3-23-20-27(13-14-28(23)24-16-18-40(19-17-24)35(42)26-10-11-26)38-32-15-12-25-6-4-7-29(34(25)32)31-8-5-9-33(39-31)41-22(2)30(21-37-41)36(43)44/h4-9,13-14,20-21,24,26,32,38H,3,10-12,15-19H2,1-2H3,(H,43,44). The van der Waals surface area contributed by atoms with Crippen LogP contribution in [0, 0.1) is 12.8 Å². The first-order valence-corrected chi connectivity index (χ1v) is 16.0. The summed E-state index contributed by atoms with van der Waals surface area (Å²) in [6.07, 6.45) is 8.58. The summed E-state index contributed by atoms with van der Waals surface area (Å²) >= 11 is 0. The molecule has 0 bridgehead atoms. The number of rotatable bonds is 8. The Morgan fingerprint density at radius 3 is 2.52 bits per heavy atom. The van der Waals surface area contributed by atoms with E-state index in [0.717, 1.165) is 75.0 Å². The van der Waals surface area contributed by atoms with Crippen LogP contribution in [-0.2, 0) is 17.6 Å². The summed E-state index contributed by atoms with van der Waals surface area (Å²) in [6, 6.07) is 19.3. The molecule has 1 saturated heterocycles. The van der Waals surface area contributed by atoms with Crippen molar-refractivity contribution < 1.29 is 14.7 Å². The highest BCUT2D eigenvalue weighted by atomic mass is 16.4. The summed E-state index contributed by atoms with van der Waals surface area (Å²) in [5.41, 5.74) is 9.21. The predicted molar refractivity (Wildman–Crippen MR) is 170 cm³/mol. The molecule has 1 saturated carbocycles. The van der Waals surface area contributed by atoms with E-state index in [-0.39, 0.29) is 11.6 Å². The van der Waals surface area contributed by atoms with Crippen LogP contribution in [0.5, 0.6) is 0 Å². The molecular formula is C36H39N5O3. The lowest BCUT2D eigenvalue weighted by molar-refractivity contribution is -0.133. The Bertz CT molecular complexity index is 1730. The third kappa shape index (κ3) is 5.27. The summed E-state index contributed by atoms with van der Waals surface area (Å²) in [7, 11) is 0. The minimum atomic E-state index is -0.996. The van der Waals surface area contributed by atoms with Crippen molar-refractivity contribution >= 4 is 17.6 Å². The molecule has 2 N–H and O–H groups in total. The molecule has 8 heteroatoms. The van der Waals surface area contributed by atoms with Crippen LogP contribution in [-0.4, -0.2) is 49.7 Å². The maximum absolute atomic E-state index is 12.5. The number of anilines is 1. The minimum Gasteiger partial charge on any atom is -0.478 e. The second kappa shape index (κ2) is 11.6. The third-order valence-corrected chi connectivity index (χ3v) is 9.75. The molecule has 0 spiro atoms. The number of nitrogens with one attached hydrogen (secondary N) is 1. The van der Waals surface area contributed by atoms with Gasteiger partial charge in [0, 0.05) is 30.3 Å². The Kier molecular flexibility index (Phi) is 7.44. The van der Waals surface area contributed by atoms with Crippen molar-refractivity contribution in [3.05, 3.63) is 94.3 Å². The number of fused-ring (bicyclic) bond motifs is 1. The maximum Gasteiger partial charge on any atom is 0.339 e. The molecule has 2 aromatic carbocycles. The number of hydrogen-bond donors (Lipinski definition) is 2. The molecule has 1 unspecified atom stereocenters. The van der Waals surface area contributed by atoms with Crippen LogP contribution >= 0.6 is 0 Å². The highest BCUT2D eigenvalue weighted by Crippen LogP contribution is 2.41. The molecule has 4 aromatic rings. The molecule has 2 fully saturated rings. The van der Waals surface area contributed by atoms with Gasteiger partial charge in [0.25, 0.3) is 0 Å². The van der Waals surface area contributed by atoms with Crippen molar-refractivity contribution in [3.8, 4) is 17.1 Å². The number of carboxylic acid groups (broad SMARTS) is 1. The van der Waals surface area contributed by atoms with E-state index in [0.29, 0.717) is 29.3 Å². The molecule has 226 valence electrons. The Morgan fingerprint density at radius 2 is 1.80 bits per heavy atom. The van der Waals surface area contributed by atoms with Gasteiger partial charge in [-0.1, -0.05) is 37.3 Å². The number of aromatic carboxylic acids is 1. The zero-order chi connectivity index (χ0) is 30.4. The van der Waals surface area contributed by atoms with Gasteiger partial charge in [-0.3, -0.25) is 4.79 Å². The Balaban J connectivity index is 1.12. The average Bonchev–Trinajstić information content (AvgIpc) is 3.71. The van der Waals surface area contributed by atoms with Gasteiger partial charge in [-0.05, 0) is 104 Å². The normalized spacial score (nSPS) is 18.3. The molecule has 2 aliphatic carbocycles. The van der Waals surface area contributed by atoms with Crippen molar-refractivity contribution in [2.75, 3.05) is 18.4 Å². The zero-order valence-electron chi connectivity index (χ0n) is 25.4. The molecule has 44 heavy (non-hydrogen) atoms. The fourth-order valence-electron chi connectivity index (χ4n) is 7.20. The van der Waals surface area contributed by atoms with Gasteiger partial charge in [-0.2, -0.15) is 5.10 Å². The number of carboxylic acids is 1. The van der Waals surface area contributed by atoms with E-state index in [1.807, 2.05) is 18.2 Å². The second-order valence-electron chi connectivity index (χ2n) is 12.5. The van der Waals surface area contributed by atoms with Gasteiger partial charge in [0.05, 0.1) is 23.6 Å². The highest BCUT2D eigenvalue weighted by molar-refractivity contribution is 5.88. The first-order valence-electron chi connectivity index (χ1n) is 16.0. The maximum atomic E-state index is 12.5. The summed E-state index contributed by atoms with van der Waals surface area (Å²) in [4.78, 5) is 31.2. The van der Waals surface area contributed by atoms with Crippen molar-refractivity contribution in [1.29, 1.82) is 0 Å². The smallest absolute Gasteiger partial charge is 0.339 e. The number of benzene rings is 2. The number of amides is 1. The van der Waals surface area contributed by atoms with Crippen LogP contribution in [0.3, 0.4) is 0 Å². The first-order chi connectivity index (χ1) is 21.4. The summed E-state index contributed by atoms with van der Waals surface area (Å²) in [6.45, 7) is 5.73. The lowest BCUT2D eigenvalue weighted by Gasteiger charge is -2.33. The van der Waals surface area contributed by atoms with E-state index in [2.05, 4.69) is 58.6 Å². The molecule has 0 radical (unpaired) electrons. The van der Waals surface area contributed by atoms with Gasteiger partial charge < -0.3 is 15.3 Å². The summed E-state index contributed by atoms with van der Waals surface area (Å²) in [5.74, 6) is 0.782. The minimum absolute atomic E-state index is 0.156. The van der Waals surface area contributed by atoms with Crippen LogP contribution in [0.1, 0.15) is 89.3 Å². The van der Waals surface area contributed by atoms with Gasteiger partial charge in [0.1, 0.15) is 5.56 Å². The largest absolute Gasteiger partial charge is 0.478 e. The van der Waals surface area contributed by atoms with Crippen LogP contribution < -0.4 is 5.32 Å². The molecular weight excluding hydrogens is 550 g/mol. The fourth-order valence-corrected chi connectivity index (χ4v) is 7.20. The van der Waals surface area contributed by atoms with Crippen molar-refractivity contribution in [1.82, 2.24) is 19.7 Å². The molecule has 2 aromatic heterocycles. The summed E-state index contributed by atoms with van der Waals surface area (Å²) in [5, 5.41) is 17.6. The number of carbonyl (C=O) groups excluding carboxylic acids is 1. The molecule has 3 aliphatic rings. The Morgan fingerprint density at radius 1 is 1.00 bits per heavy atom. The van der Waals surface area contributed by atoms with E-state index in [9.17, 15) is 14.7 Å². The second-order valence-corrected chi connectivity index (χ2v) is 12.5. The number of aromatic nitrogens is 3. The van der Waals surface area contributed by atoms with Crippen molar-refractivity contribution in [3.63, 3.8) is 0 Å². The van der Waals surface area contributed by atoms with Crippen LogP contribution in [0.4, 0.5) is 5.69 Å². The highest BCUT2D eigenvalue weighted by Gasteiger charge is 2.35. The number of nitrogens with zero attached hydrogens (tertiary/aromatic N) is 4. The van der Waals surface area contributed by atoms with Crippen molar-refractivity contribution in [2.24, 2.45) is 5.92 Å². The lowest BCUT2D eigenvalue weighted by atomic mass is 9.85. The van der Waals surface area contributed by atoms with Gasteiger partial charge in [0.15, 0.2) is 5.82 Å². The SMILES string of the molecule is CCc1cc(NC2CCc3cccc(-c4cccc(-n5ncc(C(=O)O)c5C)n4)c32)ccc1C1CCN(C(=O)C2CC2)CC1. The lowest BCUT2D eigenvalue weighted by Crippen LogP contribution is -2.38. The summed E-state index contributed by atoms with van der Waals surface area (Å²) < 4.78 is 1.59. The Labute approximate surface area is 258 Å². The number of aryl methyl sites for hydroxylation is 2. The third-order valence-electron chi connectivity index (χ3n) is 9.75. The van der Waals surface area contributed by atoms with Crippen LogP contribution in [0.15, 0.2) is 60.8 Å². The number of hydrogen-bond acceptors (Lipinski definition) is 5. The van der Waals surface area contributed by atoms with E-state index in [1.165, 1.54) is 28.5 Å². The monoisotopic (exact) mass is 589 g/mol. The van der Waals surface area contributed by atoms with E-state index in [4.69, 9.17) is 4.98 Å². The number of piperidine rings is 1. The number of pyridine rings is 1. The first kappa shape index (κ1) is 28.3. The van der Waals surface area contributed by atoms with E-state index < -0.39 is 5.97 Å². The van der Waals surface area contributed by atoms with Crippen LogP contribution in [0.25, 0.3) is 17.1 Å². The quantitative estimate of drug-likeness (QED) is 0.237. The molecule has 8 nitrogen and oxygen atoms in total. The number of carbonyl (C=O) groups is 2. The average molecular weight is 590 g/mol. The number of likely N-dealkylation sites (tertiary alicyclic amines) is 1. The van der Waals surface area contributed by atoms with E-state index >= 15 is 0 Å². The molecule has 3 heterocycles. The van der Waals surface area contributed by atoms with Gasteiger partial charge in [-0.25, -0.2) is 14.5 Å². The molecule has 1 amide bonds. The van der Waals surface area contributed by atoms with Crippen molar-refractivity contribution in [2.45, 2.75) is 70.8 Å². The van der Waals surface area contributed by atoms with Crippen LogP contribution in [0.2, 0.25) is 0 Å².